The second kappa shape index (κ2) is 6.63. The molecule has 2 rings (SSSR count). The standard InChI is InChI=1S/C14H20N2O3/c17-11-14-3-1-2-9-15(14)10-8-12-4-6-13(7-5-12)16(18)19/h4-7,14,17H,1-3,8-11H2. The van der Waals surface area contributed by atoms with E-state index in [2.05, 4.69) is 4.90 Å². The Balaban J connectivity index is 1.88. The van der Waals surface area contributed by atoms with Crippen molar-refractivity contribution >= 4 is 5.69 Å². The Bertz CT molecular complexity index is 419. The molecule has 1 aromatic carbocycles. The number of hydrogen-bond donors (Lipinski definition) is 1. The number of nitrogens with zero attached hydrogens (tertiary/aromatic N) is 2. The molecule has 1 unspecified atom stereocenters. The Morgan fingerprint density at radius 1 is 1.32 bits per heavy atom. The molecular formula is C14H20N2O3. The Kier molecular flexibility index (Phi) is 4.87. The normalized spacial score (nSPS) is 20.4. The van der Waals surface area contributed by atoms with Crippen molar-refractivity contribution in [2.24, 2.45) is 0 Å². The number of nitro groups is 1. The molecule has 0 aromatic heterocycles. The molecule has 1 heterocycles. The van der Waals surface area contributed by atoms with Crippen LogP contribution in [0.5, 0.6) is 0 Å². The number of piperidine rings is 1. The molecule has 0 spiro atoms. The lowest BCUT2D eigenvalue weighted by molar-refractivity contribution is -0.384. The van der Waals surface area contributed by atoms with Gasteiger partial charge in [0, 0.05) is 24.7 Å². The van der Waals surface area contributed by atoms with E-state index in [4.69, 9.17) is 0 Å². The molecule has 1 N–H and O–H groups in total. The highest BCUT2D eigenvalue weighted by Gasteiger charge is 2.20. The first-order valence-corrected chi connectivity index (χ1v) is 6.79. The number of nitro benzene ring substituents is 1. The van der Waals surface area contributed by atoms with Crippen molar-refractivity contribution in [1.29, 1.82) is 0 Å². The molecule has 1 aliphatic heterocycles. The van der Waals surface area contributed by atoms with Crippen molar-refractivity contribution in [2.75, 3.05) is 19.7 Å². The number of hydrogen-bond acceptors (Lipinski definition) is 4. The van der Waals surface area contributed by atoms with Gasteiger partial charge in [-0.25, -0.2) is 0 Å². The average Bonchev–Trinajstić information content (AvgIpc) is 2.45. The van der Waals surface area contributed by atoms with Crippen LogP contribution in [0.1, 0.15) is 24.8 Å². The topological polar surface area (TPSA) is 66.6 Å². The molecule has 0 amide bonds. The van der Waals surface area contributed by atoms with Crippen molar-refractivity contribution in [3.63, 3.8) is 0 Å². The van der Waals surface area contributed by atoms with Gasteiger partial charge in [0.05, 0.1) is 11.5 Å². The highest BCUT2D eigenvalue weighted by atomic mass is 16.6. The summed E-state index contributed by atoms with van der Waals surface area (Å²) in [6.45, 7) is 2.17. The molecule has 0 aliphatic carbocycles. The molecule has 1 fully saturated rings. The van der Waals surface area contributed by atoms with Gasteiger partial charge in [-0.05, 0) is 31.4 Å². The van der Waals surface area contributed by atoms with E-state index >= 15 is 0 Å². The van der Waals surface area contributed by atoms with Crippen LogP contribution in [0.25, 0.3) is 0 Å². The molecule has 1 saturated heterocycles. The first-order chi connectivity index (χ1) is 9.20. The fraction of sp³-hybridized carbons (Fsp3) is 0.571. The molecule has 0 bridgehead atoms. The van der Waals surface area contributed by atoms with Crippen LogP contribution in [0, 0.1) is 10.1 Å². The fourth-order valence-corrected chi connectivity index (χ4v) is 2.62. The molecule has 19 heavy (non-hydrogen) atoms. The van der Waals surface area contributed by atoms with Crippen molar-refractivity contribution in [3.8, 4) is 0 Å². The minimum Gasteiger partial charge on any atom is -0.395 e. The third-order valence-corrected chi connectivity index (χ3v) is 3.79. The smallest absolute Gasteiger partial charge is 0.269 e. The maximum absolute atomic E-state index is 10.6. The van der Waals surface area contributed by atoms with Gasteiger partial charge in [0.2, 0.25) is 0 Å². The van der Waals surface area contributed by atoms with Gasteiger partial charge in [0.25, 0.3) is 5.69 Å². The number of non-ortho nitro benzene ring substituents is 1. The third kappa shape index (κ3) is 3.75. The van der Waals surface area contributed by atoms with E-state index in [0.29, 0.717) is 0 Å². The van der Waals surface area contributed by atoms with E-state index in [1.54, 1.807) is 12.1 Å². The summed E-state index contributed by atoms with van der Waals surface area (Å²) in [5, 5.41) is 19.9. The minimum atomic E-state index is -0.379. The maximum Gasteiger partial charge on any atom is 0.269 e. The van der Waals surface area contributed by atoms with Gasteiger partial charge in [-0.1, -0.05) is 18.6 Å². The average molecular weight is 264 g/mol. The lowest BCUT2D eigenvalue weighted by Gasteiger charge is -2.34. The third-order valence-electron chi connectivity index (χ3n) is 3.79. The quantitative estimate of drug-likeness (QED) is 0.652. The van der Waals surface area contributed by atoms with Gasteiger partial charge >= 0.3 is 0 Å². The van der Waals surface area contributed by atoms with Crippen LogP contribution in [0.15, 0.2) is 24.3 Å². The van der Waals surface area contributed by atoms with Crippen LogP contribution in [0.4, 0.5) is 5.69 Å². The number of benzene rings is 1. The van der Waals surface area contributed by atoms with Crippen molar-refractivity contribution in [3.05, 3.63) is 39.9 Å². The summed E-state index contributed by atoms with van der Waals surface area (Å²) in [5.41, 5.74) is 1.24. The number of likely N-dealkylation sites (tertiary alicyclic amines) is 1. The summed E-state index contributed by atoms with van der Waals surface area (Å²) in [7, 11) is 0. The number of rotatable bonds is 5. The molecule has 0 radical (unpaired) electrons. The Morgan fingerprint density at radius 3 is 2.68 bits per heavy atom. The van der Waals surface area contributed by atoms with Crippen LogP contribution in [-0.4, -0.2) is 40.7 Å². The summed E-state index contributed by atoms with van der Waals surface area (Å²) >= 11 is 0. The summed E-state index contributed by atoms with van der Waals surface area (Å²) in [6.07, 6.45) is 4.32. The highest BCUT2D eigenvalue weighted by Crippen LogP contribution is 2.18. The number of aliphatic hydroxyl groups excluding tert-OH is 1. The number of aliphatic hydroxyl groups is 1. The van der Waals surface area contributed by atoms with Gasteiger partial charge in [-0.2, -0.15) is 0 Å². The van der Waals surface area contributed by atoms with Crippen molar-refractivity contribution < 1.29 is 10.0 Å². The predicted octanol–water partition coefficient (Wildman–Crippen LogP) is 1.98. The van der Waals surface area contributed by atoms with Gasteiger partial charge in [-0.3, -0.25) is 15.0 Å². The van der Waals surface area contributed by atoms with Gasteiger partial charge < -0.3 is 5.11 Å². The van der Waals surface area contributed by atoms with Crippen LogP contribution in [0.3, 0.4) is 0 Å². The molecule has 5 heteroatoms. The van der Waals surface area contributed by atoms with E-state index < -0.39 is 0 Å². The summed E-state index contributed by atoms with van der Waals surface area (Å²) in [4.78, 5) is 12.5. The zero-order chi connectivity index (χ0) is 13.7. The SMILES string of the molecule is O=[N+]([O-])c1ccc(CCN2CCCCC2CO)cc1. The molecule has 0 saturated carbocycles. The minimum absolute atomic E-state index is 0.134. The van der Waals surface area contributed by atoms with Gasteiger partial charge in [0.1, 0.15) is 0 Å². The molecule has 1 aliphatic rings. The molecule has 5 nitrogen and oxygen atoms in total. The van der Waals surface area contributed by atoms with Crippen molar-refractivity contribution in [2.45, 2.75) is 31.7 Å². The molecule has 104 valence electrons. The molecule has 1 aromatic rings. The Hall–Kier alpha value is -1.46. The first kappa shape index (κ1) is 14.0. The Labute approximate surface area is 113 Å². The first-order valence-electron chi connectivity index (χ1n) is 6.79. The summed E-state index contributed by atoms with van der Waals surface area (Å²) < 4.78 is 0. The van der Waals surface area contributed by atoms with Gasteiger partial charge in [-0.15, -0.1) is 0 Å². The van der Waals surface area contributed by atoms with E-state index in [1.165, 1.54) is 12.8 Å². The zero-order valence-corrected chi connectivity index (χ0v) is 11.0. The van der Waals surface area contributed by atoms with E-state index in [9.17, 15) is 15.2 Å². The van der Waals surface area contributed by atoms with E-state index in [-0.39, 0.29) is 23.3 Å². The monoisotopic (exact) mass is 264 g/mol. The summed E-state index contributed by atoms with van der Waals surface area (Å²) in [5.74, 6) is 0. The summed E-state index contributed by atoms with van der Waals surface area (Å²) in [6, 6.07) is 7.02. The predicted molar refractivity (Wildman–Crippen MR) is 73.1 cm³/mol. The van der Waals surface area contributed by atoms with Crippen molar-refractivity contribution in [1.82, 2.24) is 4.90 Å². The molecule has 1 atom stereocenters. The van der Waals surface area contributed by atoms with Crippen LogP contribution < -0.4 is 0 Å². The second-order valence-electron chi connectivity index (χ2n) is 5.04. The zero-order valence-electron chi connectivity index (χ0n) is 11.0. The lowest BCUT2D eigenvalue weighted by Crippen LogP contribution is -2.42. The van der Waals surface area contributed by atoms with Crippen LogP contribution >= 0.6 is 0 Å². The van der Waals surface area contributed by atoms with Crippen LogP contribution in [-0.2, 0) is 6.42 Å². The van der Waals surface area contributed by atoms with Crippen LogP contribution in [0.2, 0.25) is 0 Å². The van der Waals surface area contributed by atoms with Gasteiger partial charge in [0.15, 0.2) is 0 Å². The van der Waals surface area contributed by atoms with E-state index in [1.807, 2.05) is 12.1 Å². The Morgan fingerprint density at radius 2 is 2.05 bits per heavy atom. The maximum atomic E-state index is 10.6. The lowest BCUT2D eigenvalue weighted by atomic mass is 10.0. The second-order valence-corrected chi connectivity index (χ2v) is 5.04. The molecular weight excluding hydrogens is 244 g/mol. The van der Waals surface area contributed by atoms with E-state index in [0.717, 1.165) is 31.5 Å². The highest BCUT2D eigenvalue weighted by molar-refractivity contribution is 5.32. The largest absolute Gasteiger partial charge is 0.395 e. The fourth-order valence-electron chi connectivity index (χ4n) is 2.62.